The van der Waals surface area contributed by atoms with Crippen LogP contribution >= 0.6 is 0 Å². The first-order valence-corrected chi connectivity index (χ1v) is 8.46. The molecule has 6 heteroatoms. The molecule has 0 amide bonds. The Morgan fingerprint density at radius 1 is 1.12 bits per heavy atom. The molecule has 0 aliphatic carbocycles. The van der Waals surface area contributed by atoms with Crippen molar-refractivity contribution in [3.05, 3.63) is 28.8 Å². The summed E-state index contributed by atoms with van der Waals surface area (Å²) in [7, 11) is -0.648. The SMILES string of the molecule is Cc1c(C=O)cc(B2OC(C)(C)C(C)(C)O2)cc1C(=O)OC(C)(C)C. The van der Waals surface area contributed by atoms with E-state index >= 15 is 0 Å². The fourth-order valence-corrected chi connectivity index (χ4v) is 2.54. The highest BCUT2D eigenvalue weighted by Crippen LogP contribution is 2.36. The van der Waals surface area contributed by atoms with Gasteiger partial charge in [0.05, 0.1) is 16.8 Å². The molecule has 2 rings (SSSR count). The summed E-state index contributed by atoms with van der Waals surface area (Å²) in [6, 6.07) is 3.40. The average Bonchev–Trinajstić information content (AvgIpc) is 2.65. The topological polar surface area (TPSA) is 61.8 Å². The number of hydrogen-bond acceptors (Lipinski definition) is 5. The first-order chi connectivity index (χ1) is 11.3. The molecule has 0 N–H and O–H groups in total. The average molecular weight is 346 g/mol. The van der Waals surface area contributed by atoms with Gasteiger partial charge in [-0.2, -0.15) is 0 Å². The Morgan fingerprint density at radius 3 is 2.08 bits per heavy atom. The van der Waals surface area contributed by atoms with Crippen molar-refractivity contribution in [3.8, 4) is 0 Å². The minimum absolute atomic E-state index is 0.351. The third-order valence-electron chi connectivity index (χ3n) is 4.74. The summed E-state index contributed by atoms with van der Waals surface area (Å²) in [5.41, 5.74) is 0.367. The Labute approximate surface area is 150 Å². The molecule has 5 nitrogen and oxygen atoms in total. The van der Waals surface area contributed by atoms with E-state index in [4.69, 9.17) is 14.0 Å². The van der Waals surface area contributed by atoms with E-state index in [0.29, 0.717) is 22.2 Å². The lowest BCUT2D eigenvalue weighted by molar-refractivity contribution is 0.00578. The molecular formula is C19H27BO5. The molecule has 0 unspecified atom stereocenters. The fraction of sp³-hybridized carbons (Fsp3) is 0.579. The Morgan fingerprint density at radius 2 is 1.64 bits per heavy atom. The number of esters is 1. The monoisotopic (exact) mass is 346 g/mol. The number of carbonyl (C=O) groups is 2. The summed E-state index contributed by atoms with van der Waals surface area (Å²) in [6.07, 6.45) is 0.734. The van der Waals surface area contributed by atoms with E-state index in [1.54, 1.807) is 39.8 Å². The van der Waals surface area contributed by atoms with E-state index < -0.39 is 29.9 Å². The molecule has 1 aliphatic heterocycles. The van der Waals surface area contributed by atoms with Gasteiger partial charge in [0, 0.05) is 5.56 Å². The minimum atomic E-state index is -0.648. The first-order valence-electron chi connectivity index (χ1n) is 8.46. The van der Waals surface area contributed by atoms with Crippen molar-refractivity contribution in [2.24, 2.45) is 0 Å². The highest BCUT2D eigenvalue weighted by atomic mass is 16.7. The summed E-state index contributed by atoms with van der Waals surface area (Å²) in [5.74, 6) is -0.466. The number of rotatable bonds is 3. The third kappa shape index (κ3) is 3.96. The maximum atomic E-state index is 12.6. The number of aldehydes is 1. The molecule has 1 fully saturated rings. The second-order valence-corrected chi connectivity index (χ2v) is 8.49. The smallest absolute Gasteiger partial charge is 0.456 e. The van der Waals surface area contributed by atoms with Crippen molar-refractivity contribution in [1.82, 2.24) is 0 Å². The van der Waals surface area contributed by atoms with Crippen LogP contribution in [0, 0.1) is 6.92 Å². The van der Waals surface area contributed by atoms with Crippen LogP contribution in [0.3, 0.4) is 0 Å². The van der Waals surface area contributed by atoms with E-state index in [1.807, 2.05) is 27.7 Å². The molecule has 0 radical (unpaired) electrons. The van der Waals surface area contributed by atoms with Crippen LogP contribution in [0.1, 0.15) is 74.7 Å². The summed E-state index contributed by atoms with van der Waals surface area (Å²) < 4.78 is 17.5. The van der Waals surface area contributed by atoms with Crippen LogP contribution < -0.4 is 5.46 Å². The van der Waals surface area contributed by atoms with E-state index in [-0.39, 0.29) is 0 Å². The second kappa shape index (κ2) is 6.25. The molecular weight excluding hydrogens is 319 g/mol. The largest absolute Gasteiger partial charge is 0.494 e. The van der Waals surface area contributed by atoms with Crippen LogP contribution in [0.25, 0.3) is 0 Å². The minimum Gasteiger partial charge on any atom is -0.456 e. The third-order valence-corrected chi connectivity index (χ3v) is 4.74. The van der Waals surface area contributed by atoms with Gasteiger partial charge in [0.2, 0.25) is 0 Å². The Kier molecular flexibility index (Phi) is 4.92. The zero-order valence-corrected chi connectivity index (χ0v) is 16.4. The van der Waals surface area contributed by atoms with Crippen LogP contribution in [0.2, 0.25) is 0 Å². The fourth-order valence-electron chi connectivity index (χ4n) is 2.54. The van der Waals surface area contributed by atoms with Gasteiger partial charge in [0.15, 0.2) is 0 Å². The van der Waals surface area contributed by atoms with Crippen LogP contribution in [-0.4, -0.2) is 36.2 Å². The van der Waals surface area contributed by atoms with E-state index in [1.165, 1.54) is 0 Å². The molecule has 136 valence electrons. The van der Waals surface area contributed by atoms with Gasteiger partial charge in [-0.05, 0) is 72.5 Å². The molecule has 0 spiro atoms. The number of ether oxygens (including phenoxy) is 1. The number of carbonyl (C=O) groups excluding carboxylic acids is 2. The summed E-state index contributed by atoms with van der Waals surface area (Å²) in [6.45, 7) is 15.0. The molecule has 1 aromatic rings. The predicted octanol–water partition coefficient (Wildman–Crippen LogP) is 3.06. The van der Waals surface area contributed by atoms with Gasteiger partial charge in [-0.3, -0.25) is 4.79 Å². The molecule has 0 saturated carbocycles. The normalized spacial score (nSPS) is 19.0. The van der Waals surface area contributed by atoms with Crippen LogP contribution in [-0.2, 0) is 14.0 Å². The molecule has 1 aromatic carbocycles. The molecule has 1 heterocycles. The second-order valence-electron chi connectivity index (χ2n) is 8.49. The van der Waals surface area contributed by atoms with Crippen molar-refractivity contribution < 1.29 is 23.6 Å². The molecule has 0 aromatic heterocycles. The number of hydrogen-bond donors (Lipinski definition) is 0. The van der Waals surface area contributed by atoms with Gasteiger partial charge in [-0.15, -0.1) is 0 Å². The maximum absolute atomic E-state index is 12.6. The van der Waals surface area contributed by atoms with Crippen molar-refractivity contribution in [2.75, 3.05) is 0 Å². The lowest BCUT2D eigenvalue weighted by Gasteiger charge is -2.32. The zero-order chi connectivity index (χ0) is 19.2. The lowest BCUT2D eigenvalue weighted by atomic mass is 9.76. The van der Waals surface area contributed by atoms with Gasteiger partial charge in [0.1, 0.15) is 11.9 Å². The first kappa shape index (κ1) is 19.7. The Bertz CT molecular complexity index is 685. The van der Waals surface area contributed by atoms with Crippen molar-refractivity contribution in [2.45, 2.75) is 72.2 Å². The van der Waals surface area contributed by atoms with Gasteiger partial charge >= 0.3 is 13.1 Å². The van der Waals surface area contributed by atoms with E-state index in [2.05, 4.69) is 0 Å². The molecule has 1 aliphatic rings. The standard InChI is InChI=1S/C19H27BO5/c1-12-13(11-21)9-14(10-15(12)16(22)23-17(2,3)4)20-24-18(5,6)19(7,8)25-20/h9-11H,1-8H3. The van der Waals surface area contributed by atoms with Gasteiger partial charge in [0.25, 0.3) is 0 Å². The molecule has 0 bridgehead atoms. The van der Waals surface area contributed by atoms with Crippen LogP contribution in [0.4, 0.5) is 0 Å². The van der Waals surface area contributed by atoms with Crippen LogP contribution in [0.15, 0.2) is 12.1 Å². The summed E-state index contributed by atoms with van der Waals surface area (Å²) in [4.78, 5) is 24.0. The van der Waals surface area contributed by atoms with Crippen molar-refractivity contribution in [3.63, 3.8) is 0 Å². The number of benzene rings is 1. The highest BCUT2D eigenvalue weighted by Gasteiger charge is 2.52. The molecule has 1 saturated heterocycles. The predicted molar refractivity (Wildman–Crippen MR) is 97.5 cm³/mol. The Hall–Kier alpha value is -1.66. The van der Waals surface area contributed by atoms with Crippen molar-refractivity contribution >= 4 is 24.8 Å². The van der Waals surface area contributed by atoms with Crippen LogP contribution in [0.5, 0.6) is 0 Å². The van der Waals surface area contributed by atoms with Crippen molar-refractivity contribution in [1.29, 1.82) is 0 Å². The summed E-state index contributed by atoms with van der Waals surface area (Å²) in [5, 5.41) is 0. The Balaban J connectivity index is 2.46. The molecule has 25 heavy (non-hydrogen) atoms. The van der Waals surface area contributed by atoms with Gasteiger partial charge in [-0.1, -0.05) is 6.07 Å². The summed E-state index contributed by atoms with van der Waals surface area (Å²) >= 11 is 0. The highest BCUT2D eigenvalue weighted by molar-refractivity contribution is 6.62. The molecule has 0 atom stereocenters. The van der Waals surface area contributed by atoms with Gasteiger partial charge < -0.3 is 14.0 Å². The lowest BCUT2D eigenvalue weighted by Crippen LogP contribution is -2.41. The van der Waals surface area contributed by atoms with E-state index in [9.17, 15) is 9.59 Å². The van der Waals surface area contributed by atoms with E-state index in [0.717, 1.165) is 6.29 Å². The van der Waals surface area contributed by atoms with Gasteiger partial charge in [-0.25, -0.2) is 4.79 Å². The quantitative estimate of drug-likeness (QED) is 0.478. The zero-order valence-electron chi connectivity index (χ0n) is 16.4. The maximum Gasteiger partial charge on any atom is 0.494 e.